The summed E-state index contributed by atoms with van der Waals surface area (Å²) < 4.78 is 3.91. The lowest BCUT2D eigenvalue weighted by Crippen LogP contribution is -2.11. The minimum Gasteiger partial charge on any atom is -0.323 e. The highest BCUT2D eigenvalue weighted by Crippen LogP contribution is 2.34. The van der Waals surface area contributed by atoms with Gasteiger partial charge in [-0.15, -0.1) is 34.0 Å². The lowest BCUT2D eigenvalue weighted by atomic mass is 10.2. The van der Waals surface area contributed by atoms with E-state index in [2.05, 4.69) is 40.7 Å². The third-order valence-electron chi connectivity index (χ3n) is 3.26. The van der Waals surface area contributed by atoms with E-state index >= 15 is 0 Å². The molecule has 0 spiro atoms. The molecule has 0 radical (unpaired) electrons. The van der Waals surface area contributed by atoms with Gasteiger partial charge in [0.15, 0.2) is 0 Å². The number of para-hydroxylation sites is 1. The molecule has 1 unspecified atom stereocenters. The summed E-state index contributed by atoms with van der Waals surface area (Å²) in [6, 6.07) is 12.7. The van der Waals surface area contributed by atoms with E-state index < -0.39 is 0 Å². The third kappa shape index (κ3) is 2.16. The molecule has 0 saturated heterocycles. The largest absolute Gasteiger partial charge is 0.323 e. The molecule has 5 heteroatoms. The zero-order chi connectivity index (χ0) is 13.5. The topological polar surface area (TPSA) is 38.9 Å². The second-order valence-electron chi connectivity index (χ2n) is 4.68. The molecular formula is C15H12N2S3. The van der Waals surface area contributed by atoms with E-state index in [0.717, 1.165) is 16.9 Å². The molecule has 3 heterocycles. The zero-order valence-electron chi connectivity index (χ0n) is 10.6. The van der Waals surface area contributed by atoms with Gasteiger partial charge in [0.05, 0.1) is 15.2 Å². The number of thiophene rings is 2. The number of hydrogen-bond acceptors (Lipinski definition) is 5. The van der Waals surface area contributed by atoms with Gasteiger partial charge in [0.25, 0.3) is 0 Å². The monoisotopic (exact) mass is 316 g/mol. The molecule has 0 aliphatic rings. The van der Waals surface area contributed by atoms with Crippen LogP contribution in [-0.2, 0) is 6.42 Å². The average molecular weight is 316 g/mol. The molecule has 4 aromatic rings. The minimum atomic E-state index is 0.0418. The molecule has 0 saturated carbocycles. The van der Waals surface area contributed by atoms with Gasteiger partial charge in [-0.05, 0) is 29.6 Å². The average Bonchev–Trinajstić information content (AvgIpc) is 3.11. The lowest BCUT2D eigenvalue weighted by molar-refractivity contribution is 0.734. The van der Waals surface area contributed by atoms with Crippen LogP contribution in [0, 0.1) is 0 Å². The predicted molar refractivity (Wildman–Crippen MR) is 90.0 cm³/mol. The first-order valence-corrected chi connectivity index (χ1v) is 8.88. The fourth-order valence-electron chi connectivity index (χ4n) is 2.26. The normalized spacial score (nSPS) is 13.2. The standard InChI is InChI=1S/C15H12N2S3/c16-9(13-8-14-12(19-13)5-6-18-14)7-15-17-10-3-1-2-4-11(10)20-15/h1-6,8-9H,7,16H2. The first kappa shape index (κ1) is 12.5. The van der Waals surface area contributed by atoms with Crippen molar-refractivity contribution in [3.8, 4) is 0 Å². The van der Waals surface area contributed by atoms with Gasteiger partial charge in [-0.2, -0.15) is 0 Å². The summed E-state index contributed by atoms with van der Waals surface area (Å²) in [6.07, 6.45) is 0.813. The summed E-state index contributed by atoms with van der Waals surface area (Å²) in [6.45, 7) is 0. The van der Waals surface area contributed by atoms with Crippen molar-refractivity contribution >= 4 is 53.6 Å². The van der Waals surface area contributed by atoms with Gasteiger partial charge >= 0.3 is 0 Å². The Morgan fingerprint density at radius 3 is 2.80 bits per heavy atom. The molecule has 20 heavy (non-hydrogen) atoms. The molecule has 3 aromatic heterocycles. The van der Waals surface area contributed by atoms with Crippen LogP contribution >= 0.6 is 34.0 Å². The summed E-state index contributed by atoms with van der Waals surface area (Å²) in [5.41, 5.74) is 7.43. The summed E-state index contributed by atoms with van der Waals surface area (Å²) in [5, 5.41) is 3.25. The highest BCUT2D eigenvalue weighted by Gasteiger charge is 2.14. The van der Waals surface area contributed by atoms with Gasteiger partial charge in [-0.3, -0.25) is 0 Å². The highest BCUT2D eigenvalue weighted by atomic mass is 32.1. The molecule has 0 amide bonds. The van der Waals surface area contributed by atoms with Crippen LogP contribution in [0.3, 0.4) is 0 Å². The number of benzene rings is 1. The maximum Gasteiger partial charge on any atom is 0.0957 e. The SMILES string of the molecule is NC(Cc1nc2ccccc2s1)c1cc2sccc2s1. The van der Waals surface area contributed by atoms with E-state index in [4.69, 9.17) is 5.73 Å². The van der Waals surface area contributed by atoms with Crippen LogP contribution in [0.15, 0.2) is 41.8 Å². The number of thiazole rings is 1. The number of hydrogen-bond donors (Lipinski definition) is 1. The number of rotatable bonds is 3. The van der Waals surface area contributed by atoms with Gasteiger partial charge < -0.3 is 5.73 Å². The van der Waals surface area contributed by atoms with Gasteiger partial charge in [-0.25, -0.2) is 4.98 Å². The van der Waals surface area contributed by atoms with Crippen molar-refractivity contribution in [2.45, 2.75) is 12.5 Å². The van der Waals surface area contributed by atoms with Crippen molar-refractivity contribution in [2.24, 2.45) is 5.73 Å². The van der Waals surface area contributed by atoms with Crippen LogP contribution in [-0.4, -0.2) is 4.98 Å². The maximum atomic E-state index is 6.35. The molecule has 100 valence electrons. The fraction of sp³-hybridized carbons (Fsp3) is 0.133. The summed E-state index contributed by atoms with van der Waals surface area (Å²) in [5.74, 6) is 0. The Morgan fingerprint density at radius 2 is 1.95 bits per heavy atom. The Bertz CT molecular complexity index is 810. The molecular weight excluding hydrogens is 304 g/mol. The van der Waals surface area contributed by atoms with Gasteiger partial charge in [0.1, 0.15) is 0 Å². The summed E-state index contributed by atoms with van der Waals surface area (Å²) in [4.78, 5) is 5.92. The van der Waals surface area contributed by atoms with Crippen LogP contribution in [0.1, 0.15) is 15.9 Å². The fourth-order valence-corrected chi connectivity index (χ4v) is 5.41. The van der Waals surface area contributed by atoms with Gasteiger partial charge in [-0.1, -0.05) is 12.1 Å². The third-order valence-corrected chi connectivity index (χ3v) is 6.54. The van der Waals surface area contributed by atoms with E-state index in [1.54, 1.807) is 34.0 Å². The number of nitrogens with zero attached hydrogens (tertiary/aromatic N) is 1. The Balaban J connectivity index is 1.62. The summed E-state index contributed by atoms with van der Waals surface area (Å²) >= 11 is 5.32. The molecule has 4 rings (SSSR count). The smallest absolute Gasteiger partial charge is 0.0957 e. The van der Waals surface area contributed by atoms with Gasteiger partial charge in [0, 0.05) is 26.7 Å². The molecule has 2 N–H and O–H groups in total. The van der Waals surface area contributed by atoms with Crippen LogP contribution in [0.25, 0.3) is 19.6 Å². The van der Waals surface area contributed by atoms with Crippen molar-refractivity contribution in [3.63, 3.8) is 0 Å². The van der Waals surface area contributed by atoms with Crippen LogP contribution in [0.2, 0.25) is 0 Å². The van der Waals surface area contributed by atoms with E-state index in [-0.39, 0.29) is 6.04 Å². The minimum absolute atomic E-state index is 0.0418. The summed E-state index contributed by atoms with van der Waals surface area (Å²) in [7, 11) is 0. The van der Waals surface area contributed by atoms with E-state index in [1.165, 1.54) is 19.0 Å². The Labute approximate surface area is 128 Å². The Morgan fingerprint density at radius 1 is 1.05 bits per heavy atom. The number of aromatic nitrogens is 1. The zero-order valence-corrected chi connectivity index (χ0v) is 13.0. The molecule has 0 aliphatic carbocycles. The predicted octanol–water partition coefficient (Wildman–Crippen LogP) is 4.82. The van der Waals surface area contributed by atoms with E-state index in [1.807, 2.05) is 6.07 Å². The first-order valence-electron chi connectivity index (χ1n) is 6.36. The van der Waals surface area contributed by atoms with Crippen molar-refractivity contribution < 1.29 is 0 Å². The highest BCUT2D eigenvalue weighted by molar-refractivity contribution is 7.27. The van der Waals surface area contributed by atoms with E-state index in [0.29, 0.717) is 0 Å². The van der Waals surface area contributed by atoms with Crippen LogP contribution in [0.5, 0.6) is 0 Å². The van der Waals surface area contributed by atoms with E-state index in [9.17, 15) is 0 Å². The lowest BCUT2D eigenvalue weighted by Gasteiger charge is -2.06. The van der Waals surface area contributed by atoms with Crippen molar-refractivity contribution in [1.29, 1.82) is 0 Å². The molecule has 0 aliphatic heterocycles. The second-order valence-corrected chi connectivity index (χ2v) is 7.86. The Hall–Kier alpha value is -1.27. The molecule has 1 aromatic carbocycles. The number of fused-ring (bicyclic) bond motifs is 2. The van der Waals surface area contributed by atoms with Crippen molar-refractivity contribution in [3.05, 3.63) is 51.7 Å². The molecule has 2 nitrogen and oxygen atoms in total. The Kier molecular flexibility index (Phi) is 3.07. The van der Waals surface area contributed by atoms with Crippen LogP contribution < -0.4 is 5.73 Å². The molecule has 0 fully saturated rings. The second kappa shape index (κ2) is 4.93. The molecule has 1 atom stereocenters. The van der Waals surface area contributed by atoms with Crippen molar-refractivity contribution in [2.75, 3.05) is 0 Å². The molecule has 0 bridgehead atoms. The van der Waals surface area contributed by atoms with Gasteiger partial charge in [0.2, 0.25) is 0 Å². The number of nitrogens with two attached hydrogens (primary N) is 1. The van der Waals surface area contributed by atoms with Crippen LogP contribution in [0.4, 0.5) is 0 Å². The first-order chi connectivity index (χ1) is 9.79. The van der Waals surface area contributed by atoms with Crippen molar-refractivity contribution in [1.82, 2.24) is 4.98 Å². The maximum absolute atomic E-state index is 6.35. The quantitative estimate of drug-likeness (QED) is 0.589.